The Morgan fingerprint density at radius 3 is 2.42 bits per heavy atom. The van der Waals surface area contributed by atoms with Crippen molar-refractivity contribution >= 4 is 35.0 Å². The van der Waals surface area contributed by atoms with Crippen LogP contribution >= 0.6 is 23.2 Å². The van der Waals surface area contributed by atoms with E-state index >= 15 is 0 Å². The topological polar surface area (TPSA) is 58.6 Å². The first-order chi connectivity index (χ1) is 9.08. The van der Waals surface area contributed by atoms with Gasteiger partial charge in [0.1, 0.15) is 6.10 Å². The van der Waals surface area contributed by atoms with Crippen molar-refractivity contribution in [3.05, 3.63) is 0 Å². The van der Waals surface area contributed by atoms with Gasteiger partial charge >= 0.3 is 0 Å². The van der Waals surface area contributed by atoms with Gasteiger partial charge in [-0.25, -0.2) is 0 Å². The Hall–Kier alpha value is -0.520. The van der Waals surface area contributed by atoms with Gasteiger partial charge in [-0.1, -0.05) is 23.2 Å². The fourth-order valence-corrected chi connectivity index (χ4v) is 2.61. The second kappa shape index (κ2) is 6.77. The Bertz CT molecular complexity index is 338. The van der Waals surface area contributed by atoms with E-state index in [1.165, 1.54) is 0 Å². The second-order valence-corrected chi connectivity index (χ2v) is 6.01. The zero-order valence-electron chi connectivity index (χ0n) is 10.6. The molecule has 0 aromatic heterocycles. The van der Waals surface area contributed by atoms with Gasteiger partial charge in [0.2, 0.25) is 0 Å². The maximum Gasteiger partial charge on any atom is 0.253 e. The van der Waals surface area contributed by atoms with E-state index in [0.29, 0.717) is 19.7 Å². The van der Waals surface area contributed by atoms with Crippen LogP contribution in [0.3, 0.4) is 0 Å². The van der Waals surface area contributed by atoms with Gasteiger partial charge in [0.05, 0.1) is 0 Å². The normalized spacial score (nSPS) is 24.8. The summed E-state index contributed by atoms with van der Waals surface area (Å²) in [6.45, 7) is 1.95. The Kier molecular flexibility index (Phi) is 5.30. The Balaban J connectivity index is 1.75. The zero-order valence-corrected chi connectivity index (χ0v) is 12.1. The summed E-state index contributed by atoms with van der Waals surface area (Å²) in [5.41, 5.74) is 0. The summed E-state index contributed by atoms with van der Waals surface area (Å²) in [4.78, 5) is 24.3. The molecule has 2 rings (SSSR count). The van der Waals surface area contributed by atoms with Crippen molar-refractivity contribution in [2.45, 2.75) is 42.7 Å². The highest BCUT2D eigenvalue weighted by molar-refractivity contribution is 6.53. The third-order valence-corrected chi connectivity index (χ3v) is 3.95. The van der Waals surface area contributed by atoms with Gasteiger partial charge in [-0.15, -0.1) is 0 Å². The van der Waals surface area contributed by atoms with E-state index < -0.39 is 4.84 Å². The van der Waals surface area contributed by atoms with Gasteiger partial charge in [-0.3, -0.25) is 9.59 Å². The summed E-state index contributed by atoms with van der Waals surface area (Å²) in [6, 6.07) is 0.0426. The minimum absolute atomic E-state index is 0.0426. The SMILES string of the molecule is O=C(NC1CCN(C(=O)C2CCCO2)CC1)C(Cl)Cl. The molecule has 7 heteroatoms. The summed E-state index contributed by atoms with van der Waals surface area (Å²) >= 11 is 11.0. The van der Waals surface area contributed by atoms with Crippen molar-refractivity contribution in [3.63, 3.8) is 0 Å². The number of nitrogens with one attached hydrogen (secondary N) is 1. The van der Waals surface area contributed by atoms with Crippen LogP contribution < -0.4 is 5.32 Å². The number of amides is 2. The predicted octanol–water partition coefficient (Wildman–Crippen LogP) is 1.08. The number of rotatable bonds is 3. The lowest BCUT2D eigenvalue weighted by Crippen LogP contribution is -2.49. The molecule has 2 heterocycles. The van der Waals surface area contributed by atoms with Gasteiger partial charge < -0.3 is 15.0 Å². The smallest absolute Gasteiger partial charge is 0.253 e. The van der Waals surface area contributed by atoms with Crippen molar-refractivity contribution in [2.24, 2.45) is 0 Å². The van der Waals surface area contributed by atoms with Crippen molar-refractivity contribution in [3.8, 4) is 0 Å². The van der Waals surface area contributed by atoms with Crippen LogP contribution in [-0.2, 0) is 14.3 Å². The van der Waals surface area contributed by atoms with Gasteiger partial charge in [-0.05, 0) is 25.7 Å². The van der Waals surface area contributed by atoms with Crippen LogP contribution in [0, 0.1) is 0 Å². The maximum atomic E-state index is 12.1. The van der Waals surface area contributed by atoms with Crippen LogP contribution in [0.1, 0.15) is 25.7 Å². The monoisotopic (exact) mass is 308 g/mol. The molecule has 1 unspecified atom stereocenters. The van der Waals surface area contributed by atoms with Crippen LogP contribution in [0.15, 0.2) is 0 Å². The van der Waals surface area contributed by atoms with E-state index in [2.05, 4.69) is 5.32 Å². The summed E-state index contributed by atoms with van der Waals surface area (Å²) in [6.07, 6.45) is 2.96. The molecule has 2 aliphatic rings. The first-order valence-corrected chi connectivity index (χ1v) is 7.44. The molecule has 2 amide bonds. The number of likely N-dealkylation sites (tertiary alicyclic amines) is 1. The highest BCUT2D eigenvalue weighted by Crippen LogP contribution is 2.18. The number of hydrogen-bond donors (Lipinski definition) is 1. The summed E-state index contributed by atoms with van der Waals surface area (Å²) in [7, 11) is 0. The first kappa shape index (κ1) is 14.9. The molecule has 1 N–H and O–H groups in total. The summed E-state index contributed by atoms with van der Waals surface area (Å²) < 4.78 is 5.39. The Labute approximate surface area is 122 Å². The molecule has 0 aliphatic carbocycles. The second-order valence-electron chi connectivity index (χ2n) is 4.91. The molecule has 0 radical (unpaired) electrons. The zero-order chi connectivity index (χ0) is 13.8. The standard InChI is InChI=1S/C12H18Cl2N2O3/c13-10(14)11(17)15-8-3-5-16(6-4-8)12(18)9-2-1-7-19-9/h8-10H,1-7H2,(H,15,17). The predicted molar refractivity (Wildman–Crippen MR) is 72.2 cm³/mol. The van der Waals surface area contributed by atoms with Gasteiger partial charge in [0.15, 0.2) is 4.84 Å². The lowest BCUT2D eigenvalue weighted by atomic mass is 10.0. The van der Waals surface area contributed by atoms with Crippen molar-refractivity contribution in [1.29, 1.82) is 0 Å². The highest BCUT2D eigenvalue weighted by Gasteiger charge is 2.31. The van der Waals surface area contributed by atoms with Gasteiger partial charge in [-0.2, -0.15) is 0 Å². The molecule has 0 spiro atoms. The third-order valence-electron chi connectivity index (χ3n) is 3.56. The van der Waals surface area contributed by atoms with E-state index in [-0.39, 0.29) is 24.0 Å². The number of hydrogen-bond acceptors (Lipinski definition) is 3. The molecule has 0 aromatic carbocycles. The molecule has 0 aromatic rings. The molecule has 2 fully saturated rings. The van der Waals surface area contributed by atoms with Gasteiger partial charge in [0.25, 0.3) is 11.8 Å². The fourth-order valence-electron chi connectivity index (χ4n) is 2.48. The fraction of sp³-hybridized carbons (Fsp3) is 0.833. The number of carbonyl (C=O) groups excluding carboxylic acids is 2. The number of halogens is 2. The molecule has 5 nitrogen and oxygen atoms in total. The van der Waals surface area contributed by atoms with E-state index in [4.69, 9.17) is 27.9 Å². The first-order valence-electron chi connectivity index (χ1n) is 6.57. The van der Waals surface area contributed by atoms with E-state index in [1.54, 1.807) is 0 Å². The molecular weight excluding hydrogens is 291 g/mol. The van der Waals surface area contributed by atoms with Crippen LogP contribution in [-0.4, -0.2) is 53.4 Å². The third kappa shape index (κ3) is 3.97. The Morgan fingerprint density at radius 1 is 1.21 bits per heavy atom. The number of carbonyl (C=O) groups is 2. The van der Waals surface area contributed by atoms with Crippen molar-refractivity contribution in [1.82, 2.24) is 10.2 Å². The molecular formula is C12H18Cl2N2O3. The van der Waals surface area contributed by atoms with Crippen molar-refractivity contribution in [2.75, 3.05) is 19.7 Å². The lowest BCUT2D eigenvalue weighted by Gasteiger charge is -2.33. The minimum atomic E-state index is -1.04. The van der Waals surface area contributed by atoms with Crippen molar-refractivity contribution < 1.29 is 14.3 Å². The van der Waals surface area contributed by atoms with Crippen LogP contribution in [0.25, 0.3) is 0 Å². The van der Waals surface area contributed by atoms with Gasteiger partial charge in [0, 0.05) is 25.7 Å². The quantitative estimate of drug-likeness (QED) is 0.794. The summed E-state index contributed by atoms with van der Waals surface area (Å²) in [5.74, 6) is -0.290. The Morgan fingerprint density at radius 2 is 1.89 bits per heavy atom. The molecule has 0 bridgehead atoms. The average molecular weight is 309 g/mol. The lowest BCUT2D eigenvalue weighted by molar-refractivity contribution is -0.142. The number of nitrogens with zero attached hydrogens (tertiary/aromatic N) is 1. The largest absolute Gasteiger partial charge is 0.368 e. The number of ether oxygens (including phenoxy) is 1. The molecule has 1 atom stereocenters. The summed E-state index contributed by atoms with van der Waals surface area (Å²) in [5, 5.41) is 2.78. The highest BCUT2D eigenvalue weighted by atomic mass is 35.5. The van der Waals surface area contributed by atoms with E-state index in [9.17, 15) is 9.59 Å². The maximum absolute atomic E-state index is 12.1. The molecule has 19 heavy (non-hydrogen) atoms. The van der Waals surface area contributed by atoms with Crippen LogP contribution in [0.4, 0.5) is 0 Å². The van der Waals surface area contributed by atoms with Crippen LogP contribution in [0.2, 0.25) is 0 Å². The molecule has 0 saturated carbocycles. The minimum Gasteiger partial charge on any atom is -0.368 e. The number of alkyl halides is 2. The van der Waals surface area contributed by atoms with E-state index in [0.717, 1.165) is 25.7 Å². The van der Waals surface area contributed by atoms with Crippen LogP contribution in [0.5, 0.6) is 0 Å². The number of piperidine rings is 1. The average Bonchev–Trinajstić information content (AvgIpc) is 2.92. The van der Waals surface area contributed by atoms with E-state index in [1.807, 2.05) is 4.90 Å². The molecule has 2 saturated heterocycles. The molecule has 2 aliphatic heterocycles. The molecule has 108 valence electrons.